The van der Waals surface area contributed by atoms with Gasteiger partial charge in [0.2, 0.25) is 0 Å². The molecule has 3 aromatic carbocycles. The summed E-state index contributed by atoms with van der Waals surface area (Å²) in [7, 11) is 0. The van der Waals surface area contributed by atoms with Gasteiger partial charge in [0.25, 0.3) is 0 Å². The van der Waals surface area contributed by atoms with Gasteiger partial charge in [0.1, 0.15) is 23.5 Å². The fourth-order valence-corrected chi connectivity index (χ4v) is 5.47. The third-order valence-electron chi connectivity index (χ3n) is 6.96. The number of amides is 1. The number of ketones is 1. The summed E-state index contributed by atoms with van der Waals surface area (Å²) in [6.07, 6.45) is -0.103. The molecule has 8 heteroatoms. The van der Waals surface area contributed by atoms with E-state index in [-0.39, 0.29) is 22.4 Å². The fourth-order valence-electron chi connectivity index (χ4n) is 4.63. The van der Waals surface area contributed by atoms with Gasteiger partial charge in [0.15, 0.2) is 5.13 Å². The summed E-state index contributed by atoms with van der Waals surface area (Å²) in [4.78, 5) is 25.0. The highest BCUT2D eigenvalue weighted by Crippen LogP contribution is 2.49. The Bertz CT molecular complexity index is 1510. The van der Waals surface area contributed by atoms with Crippen LogP contribution in [0.3, 0.4) is 0 Å². The number of anilines is 1. The van der Waals surface area contributed by atoms with Crippen LogP contribution in [0.1, 0.15) is 43.9 Å². The first-order valence-corrected chi connectivity index (χ1v) is 12.9. The van der Waals surface area contributed by atoms with E-state index in [0.717, 1.165) is 46.9 Å². The maximum Gasteiger partial charge on any atom is 0.412 e. The largest absolute Gasteiger partial charge is 0.441 e. The second-order valence-corrected chi connectivity index (χ2v) is 10.4. The smallest absolute Gasteiger partial charge is 0.412 e. The molecular formula is C30H24F3NO3S. The Morgan fingerprint density at radius 3 is 2.08 bits per heavy atom. The van der Waals surface area contributed by atoms with Gasteiger partial charge in [-0.1, -0.05) is 48.5 Å². The number of hydrogen-bond donors (Lipinski definition) is 1. The Kier molecular flexibility index (Phi) is 6.84. The standard InChI is InChI=1S/C30H24F3NO3S/c1-17(24-12-11-23(31)15-25(24)32)37-29(36)34-26-16-27(33)38-28(26)21-5-3-19(4-6-21)20-7-9-22(10-8-20)30(13-14-30)18(2)35/h3-12,15-17H,13-14H2,1-2H3,(H,34,36)/t17-/m1/s1. The molecule has 0 spiro atoms. The molecule has 1 atom stereocenters. The van der Waals surface area contributed by atoms with E-state index < -0.39 is 29.0 Å². The first-order valence-electron chi connectivity index (χ1n) is 12.1. The maximum absolute atomic E-state index is 14.2. The van der Waals surface area contributed by atoms with Gasteiger partial charge in [-0.05, 0) is 61.1 Å². The Hall–Kier alpha value is -3.91. The molecule has 1 saturated carbocycles. The molecule has 1 aliphatic rings. The van der Waals surface area contributed by atoms with Crippen LogP contribution in [-0.4, -0.2) is 11.9 Å². The van der Waals surface area contributed by atoms with E-state index in [1.807, 2.05) is 48.5 Å². The minimum absolute atomic E-state index is 0.0236. The topological polar surface area (TPSA) is 55.4 Å². The number of rotatable bonds is 7. The van der Waals surface area contributed by atoms with Gasteiger partial charge < -0.3 is 4.74 Å². The zero-order chi connectivity index (χ0) is 27.0. The summed E-state index contributed by atoms with van der Waals surface area (Å²) in [6, 6.07) is 19.7. The summed E-state index contributed by atoms with van der Waals surface area (Å²) in [5.41, 5.74) is 3.60. The molecule has 0 bridgehead atoms. The minimum Gasteiger partial charge on any atom is -0.441 e. The van der Waals surface area contributed by atoms with E-state index in [1.54, 1.807) is 6.92 Å². The van der Waals surface area contributed by atoms with Gasteiger partial charge in [0.05, 0.1) is 16.0 Å². The van der Waals surface area contributed by atoms with Crippen LogP contribution in [0.15, 0.2) is 72.8 Å². The predicted molar refractivity (Wildman–Crippen MR) is 142 cm³/mol. The van der Waals surface area contributed by atoms with Gasteiger partial charge in [-0.15, -0.1) is 11.3 Å². The third kappa shape index (κ3) is 5.09. The van der Waals surface area contributed by atoms with Crippen LogP contribution in [0.2, 0.25) is 0 Å². The number of benzene rings is 3. The van der Waals surface area contributed by atoms with E-state index in [0.29, 0.717) is 16.5 Å². The lowest BCUT2D eigenvalue weighted by molar-refractivity contribution is -0.119. The minimum atomic E-state index is -0.988. The molecule has 0 radical (unpaired) electrons. The van der Waals surface area contributed by atoms with Crippen LogP contribution < -0.4 is 5.32 Å². The molecule has 0 aliphatic heterocycles. The number of carbonyl (C=O) groups excluding carboxylic acids is 2. The Balaban J connectivity index is 1.30. The molecule has 1 fully saturated rings. The van der Waals surface area contributed by atoms with Gasteiger partial charge in [0, 0.05) is 17.7 Å². The van der Waals surface area contributed by atoms with Crippen molar-refractivity contribution in [2.75, 3.05) is 5.32 Å². The molecule has 0 saturated heterocycles. The summed E-state index contributed by atoms with van der Waals surface area (Å²) in [5, 5.41) is 2.03. The van der Waals surface area contributed by atoms with Crippen LogP contribution >= 0.6 is 11.3 Å². The molecule has 4 aromatic rings. The van der Waals surface area contributed by atoms with E-state index >= 15 is 0 Å². The molecule has 1 aromatic heterocycles. The van der Waals surface area contributed by atoms with Crippen molar-refractivity contribution in [2.45, 2.75) is 38.2 Å². The van der Waals surface area contributed by atoms with E-state index in [1.165, 1.54) is 19.1 Å². The van der Waals surface area contributed by atoms with Crippen molar-refractivity contribution in [3.05, 3.63) is 101 Å². The number of halogens is 3. The van der Waals surface area contributed by atoms with Crippen molar-refractivity contribution in [2.24, 2.45) is 0 Å². The lowest BCUT2D eigenvalue weighted by atomic mass is 9.90. The van der Waals surface area contributed by atoms with Crippen LogP contribution in [0.25, 0.3) is 21.6 Å². The lowest BCUT2D eigenvalue weighted by Crippen LogP contribution is -2.16. The molecule has 1 heterocycles. The van der Waals surface area contributed by atoms with E-state index in [9.17, 15) is 22.8 Å². The van der Waals surface area contributed by atoms with Crippen LogP contribution in [-0.2, 0) is 14.9 Å². The highest BCUT2D eigenvalue weighted by atomic mass is 32.1. The number of Topliss-reactive ketones (excluding diaryl/α,β-unsaturated/α-hetero) is 1. The van der Waals surface area contributed by atoms with E-state index in [2.05, 4.69) is 5.32 Å². The zero-order valence-electron chi connectivity index (χ0n) is 20.7. The molecule has 1 aliphatic carbocycles. The second-order valence-electron chi connectivity index (χ2n) is 9.42. The summed E-state index contributed by atoms with van der Waals surface area (Å²) < 4.78 is 46.6. The summed E-state index contributed by atoms with van der Waals surface area (Å²) in [5.74, 6) is -1.36. The molecule has 194 valence electrons. The number of thiophene rings is 1. The monoisotopic (exact) mass is 535 g/mol. The summed E-state index contributed by atoms with van der Waals surface area (Å²) in [6.45, 7) is 3.10. The Morgan fingerprint density at radius 2 is 1.50 bits per heavy atom. The number of hydrogen-bond acceptors (Lipinski definition) is 4. The molecule has 38 heavy (non-hydrogen) atoms. The zero-order valence-corrected chi connectivity index (χ0v) is 21.5. The van der Waals surface area contributed by atoms with Crippen molar-refractivity contribution in [1.82, 2.24) is 0 Å². The van der Waals surface area contributed by atoms with Crippen molar-refractivity contribution in [1.29, 1.82) is 0 Å². The van der Waals surface area contributed by atoms with Crippen LogP contribution in [0, 0.1) is 16.8 Å². The van der Waals surface area contributed by atoms with Crippen molar-refractivity contribution < 1.29 is 27.5 Å². The number of nitrogens with one attached hydrogen (secondary N) is 1. The lowest BCUT2D eigenvalue weighted by Gasteiger charge is -2.15. The van der Waals surface area contributed by atoms with E-state index in [4.69, 9.17) is 4.74 Å². The predicted octanol–water partition coefficient (Wildman–Crippen LogP) is 8.43. The molecule has 5 rings (SSSR count). The van der Waals surface area contributed by atoms with Crippen molar-refractivity contribution in [3.63, 3.8) is 0 Å². The molecule has 0 unspecified atom stereocenters. The molecule has 1 N–H and O–H groups in total. The SMILES string of the molecule is CC(=O)C1(c2ccc(-c3ccc(-c4sc(F)cc4NC(=O)O[C@H](C)c4ccc(F)cc4F)cc3)cc2)CC1. The van der Waals surface area contributed by atoms with Gasteiger partial charge in [-0.2, -0.15) is 4.39 Å². The molecule has 1 amide bonds. The third-order valence-corrected chi connectivity index (χ3v) is 7.94. The first-order chi connectivity index (χ1) is 18.2. The van der Waals surface area contributed by atoms with Gasteiger partial charge in [-0.3, -0.25) is 10.1 Å². The van der Waals surface area contributed by atoms with Crippen LogP contribution in [0.4, 0.5) is 23.7 Å². The fraction of sp³-hybridized carbons (Fsp3) is 0.200. The van der Waals surface area contributed by atoms with Crippen LogP contribution in [0.5, 0.6) is 0 Å². The average molecular weight is 536 g/mol. The first kappa shape index (κ1) is 25.7. The van der Waals surface area contributed by atoms with Gasteiger partial charge in [-0.25, -0.2) is 13.6 Å². The highest BCUT2D eigenvalue weighted by molar-refractivity contribution is 7.14. The van der Waals surface area contributed by atoms with Crippen molar-refractivity contribution in [3.8, 4) is 21.6 Å². The molecule has 4 nitrogen and oxygen atoms in total. The second kappa shape index (κ2) is 10.1. The average Bonchev–Trinajstić information content (AvgIpc) is 3.62. The summed E-state index contributed by atoms with van der Waals surface area (Å²) >= 11 is 0.874. The maximum atomic E-state index is 14.2. The highest BCUT2D eigenvalue weighted by Gasteiger charge is 2.48. The Labute approximate surface area is 222 Å². The molecular weight excluding hydrogens is 511 g/mol. The quantitative estimate of drug-likeness (QED) is 0.258. The normalized spacial score (nSPS) is 14.6. The number of ether oxygens (including phenoxy) is 1. The van der Waals surface area contributed by atoms with Crippen molar-refractivity contribution >= 4 is 28.9 Å². The number of carbonyl (C=O) groups is 2. The Morgan fingerprint density at radius 1 is 0.895 bits per heavy atom. The van der Waals surface area contributed by atoms with Gasteiger partial charge >= 0.3 is 6.09 Å².